The van der Waals surface area contributed by atoms with Crippen LogP contribution >= 0.6 is 11.3 Å². The fourth-order valence-electron chi connectivity index (χ4n) is 7.63. The van der Waals surface area contributed by atoms with Crippen molar-refractivity contribution >= 4 is 80.9 Å². The first-order valence-electron chi connectivity index (χ1n) is 17.1. The first kappa shape index (κ1) is 28.8. The van der Waals surface area contributed by atoms with Crippen LogP contribution in [0.3, 0.4) is 0 Å². The third kappa shape index (κ3) is 4.69. The predicted octanol–water partition coefficient (Wildman–Crippen LogP) is 14.3. The number of fused-ring (bicyclic) bond motifs is 9. The Morgan fingerprint density at radius 3 is 1.58 bits per heavy atom. The van der Waals surface area contributed by atoms with Crippen LogP contribution in [-0.2, 0) is 0 Å². The van der Waals surface area contributed by atoms with Crippen molar-refractivity contribution in [2.75, 3.05) is 4.90 Å². The third-order valence-corrected chi connectivity index (χ3v) is 11.3. The van der Waals surface area contributed by atoms with Gasteiger partial charge in [-0.3, -0.25) is 0 Å². The molecule has 0 aliphatic heterocycles. The summed E-state index contributed by atoms with van der Waals surface area (Å²) in [4.78, 5) is 2.47. The molecule has 0 saturated carbocycles. The van der Waals surface area contributed by atoms with Crippen molar-refractivity contribution in [2.45, 2.75) is 0 Å². The highest BCUT2D eigenvalue weighted by Gasteiger charge is 2.22. The van der Waals surface area contributed by atoms with Crippen LogP contribution in [0.2, 0.25) is 0 Å². The summed E-state index contributed by atoms with van der Waals surface area (Å²) in [6.07, 6.45) is 0. The van der Waals surface area contributed by atoms with E-state index in [2.05, 4.69) is 193 Å². The van der Waals surface area contributed by atoms with Crippen molar-refractivity contribution in [2.24, 2.45) is 0 Å². The molecule has 234 valence electrons. The Morgan fingerprint density at radius 2 is 0.860 bits per heavy atom. The Bertz CT molecular complexity index is 2850. The molecule has 0 spiro atoms. The van der Waals surface area contributed by atoms with Crippen molar-refractivity contribution in [3.8, 4) is 22.3 Å². The zero-order valence-corrected chi connectivity index (χ0v) is 28.1. The number of hydrogen-bond acceptors (Lipinski definition) is 2. The molecule has 10 rings (SSSR count). The largest absolute Gasteiger partial charge is 0.309 e. The maximum Gasteiger partial charge on any atom is 0.0646 e. The Balaban J connectivity index is 1.32. The van der Waals surface area contributed by atoms with Crippen molar-refractivity contribution in [1.82, 2.24) is 0 Å². The van der Waals surface area contributed by atoms with E-state index < -0.39 is 0 Å². The quantitative estimate of drug-likeness (QED) is 0.167. The molecule has 0 unspecified atom stereocenters. The summed E-state index contributed by atoms with van der Waals surface area (Å²) in [5, 5.41) is 10.3. The summed E-state index contributed by atoms with van der Waals surface area (Å²) in [7, 11) is 0. The average Bonchev–Trinajstić information content (AvgIpc) is 3.59. The molecular weight excluding hydrogens is 623 g/mol. The Kier molecular flexibility index (Phi) is 6.75. The second-order valence-corrected chi connectivity index (χ2v) is 13.9. The van der Waals surface area contributed by atoms with E-state index in [1.807, 2.05) is 11.3 Å². The van der Waals surface area contributed by atoms with E-state index >= 15 is 0 Å². The molecule has 0 aliphatic carbocycles. The number of anilines is 3. The van der Waals surface area contributed by atoms with Gasteiger partial charge in [-0.2, -0.15) is 0 Å². The van der Waals surface area contributed by atoms with Crippen LogP contribution in [0.25, 0.3) is 74.7 Å². The van der Waals surface area contributed by atoms with Gasteiger partial charge in [0.1, 0.15) is 0 Å². The summed E-state index contributed by atoms with van der Waals surface area (Å²) in [6, 6.07) is 68.6. The molecule has 0 fully saturated rings. The van der Waals surface area contributed by atoms with Gasteiger partial charge in [0.25, 0.3) is 0 Å². The number of nitrogens with zero attached hydrogens (tertiary/aromatic N) is 1. The fraction of sp³-hybridized carbons (Fsp3) is 0. The molecule has 0 bridgehead atoms. The third-order valence-electron chi connectivity index (χ3n) is 10.0. The summed E-state index contributed by atoms with van der Waals surface area (Å²) in [6.45, 7) is 0. The number of thiophene rings is 1. The van der Waals surface area contributed by atoms with Crippen LogP contribution in [-0.4, -0.2) is 0 Å². The lowest BCUT2D eigenvalue weighted by Gasteiger charge is -2.27. The highest BCUT2D eigenvalue weighted by molar-refractivity contribution is 7.27. The maximum atomic E-state index is 2.47. The number of benzene rings is 9. The lowest BCUT2D eigenvalue weighted by Crippen LogP contribution is -2.10. The van der Waals surface area contributed by atoms with Gasteiger partial charge in [0.15, 0.2) is 0 Å². The molecule has 50 heavy (non-hydrogen) atoms. The minimum Gasteiger partial charge on any atom is -0.309 e. The van der Waals surface area contributed by atoms with Gasteiger partial charge in [-0.15, -0.1) is 11.3 Å². The highest BCUT2D eigenvalue weighted by Crippen LogP contribution is 2.51. The molecule has 9 aromatic carbocycles. The molecule has 1 aromatic heterocycles. The van der Waals surface area contributed by atoms with Crippen molar-refractivity contribution in [3.05, 3.63) is 188 Å². The van der Waals surface area contributed by atoms with Gasteiger partial charge in [0.05, 0.1) is 10.4 Å². The molecule has 0 saturated heterocycles. The summed E-state index contributed by atoms with van der Waals surface area (Å²) in [5.41, 5.74) is 8.27. The molecule has 2 heteroatoms. The number of rotatable bonds is 5. The summed E-state index contributed by atoms with van der Waals surface area (Å²) in [5.74, 6) is 0. The smallest absolute Gasteiger partial charge is 0.0646 e. The molecule has 0 atom stereocenters. The van der Waals surface area contributed by atoms with Crippen molar-refractivity contribution in [3.63, 3.8) is 0 Å². The Morgan fingerprint density at radius 1 is 0.320 bits per heavy atom. The SMILES string of the molecule is c1ccc(-c2ccc(N(c3ccc4ccccc4c3)c3cc(-c4ccccc4)cc4c3sc3c5ccccc5c5ccccc5c43)cc2)cc1. The monoisotopic (exact) mass is 653 g/mol. The Hall–Kier alpha value is -6.22. The van der Waals surface area contributed by atoms with E-state index in [4.69, 9.17) is 0 Å². The van der Waals surface area contributed by atoms with E-state index in [-0.39, 0.29) is 0 Å². The second-order valence-electron chi connectivity index (χ2n) is 12.9. The van der Waals surface area contributed by atoms with Crippen molar-refractivity contribution in [1.29, 1.82) is 0 Å². The first-order chi connectivity index (χ1) is 24.8. The average molecular weight is 654 g/mol. The molecule has 0 amide bonds. The lowest BCUT2D eigenvalue weighted by molar-refractivity contribution is 1.31. The van der Waals surface area contributed by atoms with Crippen LogP contribution in [0.1, 0.15) is 0 Å². The molecular formula is C48H31NS. The molecule has 0 radical (unpaired) electrons. The van der Waals surface area contributed by atoms with Gasteiger partial charge < -0.3 is 4.90 Å². The Labute approximate surface area is 294 Å². The van der Waals surface area contributed by atoms with E-state index in [1.54, 1.807) is 0 Å². The van der Waals surface area contributed by atoms with Crippen LogP contribution in [0.4, 0.5) is 17.1 Å². The number of hydrogen-bond donors (Lipinski definition) is 0. The molecule has 1 heterocycles. The lowest BCUT2D eigenvalue weighted by atomic mass is 9.95. The maximum absolute atomic E-state index is 2.47. The zero-order valence-electron chi connectivity index (χ0n) is 27.3. The van der Waals surface area contributed by atoms with Crippen LogP contribution in [0.15, 0.2) is 188 Å². The van der Waals surface area contributed by atoms with Gasteiger partial charge in [0, 0.05) is 32.2 Å². The van der Waals surface area contributed by atoms with Crippen LogP contribution in [0, 0.1) is 0 Å². The normalized spacial score (nSPS) is 11.6. The van der Waals surface area contributed by atoms with Crippen LogP contribution < -0.4 is 4.90 Å². The van der Waals surface area contributed by atoms with Crippen molar-refractivity contribution < 1.29 is 0 Å². The van der Waals surface area contributed by atoms with Crippen LogP contribution in [0.5, 0.6) is 0 Å². The first-order valence-corrected chi connectivity index (χ1v) is 17.9. The minimum atomic E-state index is 1.12. The fourth-order valence-corrected chi connectivity index (χ4v) is 8.97. The molecule has 0 aliphatic rings. The second kappa shape index (κ2) is 11.7. The van der Waals surface area contributed by atoms with E-state index in [1.165, 1.54) is 80.4 Å². The molecule has 10 aromatic rings. The highest BCUT2D eigenvalue weighted by atomic mass is 32.1. The van der Waals surface area contributed by atoms with Gasteiger partial charge >= 0.3 is 0 Å². The van der Waals surface area contributed by atoms with Gasteiger partial charge in [-0.05, 0) is 85.6 Å². The van der Waals surface area contributed by atoms with E-state index in [0.717, 1.165) is 11.4 Å². The predicted molar refractivity (Wildman–Crippen MR) is 217 cm³/mol. The summed E-state index contributed by atoms with van der Waals surface area (Å²) < 4.78 is 2.61. The molecule has 1 nitrogen and oxygen atoms in total. The van der Waals surface area contributed by atoms with E-state index in [0.29, 0.717) is 0 Å². The summed E-state index contributed by atoms with van der Waals surface area (Å²) >= 11 is 1.92. The standard InChI is InChI=1S/C48H31NS/c1-3-13-32(14-4-1)35-23-26-38(27-24-35)49(39-28-25-34-17-7-8-18-36(34)29-39)45-31-37(33-15-5-2-6-16-33)30-44-46-42-21-11-9-19-40(42)41-20-10-12-22-43(41)48(46)50-47(44)45/h1-31H. The van der Waals surface area contributed by atoms with Gasteiger partial charge in [0.2, 0.25) is 0 Å². The van der Waals surface area contributed by atoms with E-state index in [9.17, 15) is 0 Å². The van der Waals surface area contributed by atoms with Gasteiger partial charge in [-0.25, -0.2) is 0 Å². The molecule has 0 N–H and O–H groups in total. The van der Waals surface area contributed by atoms with Gasteiger partial charge in [-0.1, -0.05) is 152 Å². The topological polar surface area (TPSA) is 3.24 Å². The minimum absolute atomic E-state index is 1.12. The zero-order chi connectivity index (χ0) is 33.0.